The van der Waals surface area contributed by atoms with Gasteiger partial charge in [-0.15, -0.1) is 0 Å². The third-order valence-electron chi connectivity index (χ3n) is 3.61. The van der Waals surface area contributed by atoms with Gasteiger partial charge in [-0.2, -0.15) is 0 Å². The van der Waals surface area contributed by atoms with Crippen molar-refractivity contribution in [2.45, 2.75) is 24.7 Å². The molecule has 0 aliphatic carbocycles. The van der Waals surface area contributed by atoms with Crippen molar-refractivity contribution in [3.8, 4) is 5.75 Å². The Kier molecular flexibility index (Phi) is 10.7. The van der Waals surface area contributed by atoms with Crippen molar-refractivity contribution in [1.29, 1.82) is 0 Å². The van der Waals surface area contributed by atoms with E-state index < -0.39 is 10.1 Å². The quantitative estimate of drug-likeness (QED) is 0.304. The van der Waals surface area contributed by atoms with Crippen LogP contribution in [0.4, 0.5) is 0 Å². The molecule has 0 N–H and O–H groups in total. The predicted octanol–water partition coefficient (Wildman–Crippen LogP) is -0.0400. The molecule has 0 atom stereocenters. The zero-order valence-electron chi connectivity index (χ0n) is 15.3. The molecular weight excluding hydrogens is 367 g/mol. The summed E-state index contributed by atoms with van der Waals surface area (Å²) in [4.78, 5) is -0.240. The Morgan fingerprint density at radius 2 is 1.50 bits per heavy atom. The minimum atomic E-state index is -4.53. The number of unbranched alkanes of at least 4 members (excludes halogenated alkanes) is 1. The fourth-order valence-corrected chi connectivity index (χ4v) is 3.05. The first-order valence-corrected chi connectivity index (χ1v) is 9.71. The summed E-state index contributed by atoms with van der Waals surface area (Å²) in [5.74, 6) is 0.519. The summed E-state index contributed by atoms with van der Waals surface area (Å²) in [6.45, 7) is 4.63. The van der Waals surface area contributed by atoms with Gasteiger partial charge < -0.3 is 18.8 Å². The molecule has 0 aliphatic heterocycles. The molecule has 0 radical (unpaired) electrons. The molecule has 0 spiro atoms. The number of fused-ring (bicyclic) bond motifs is 1. The van der Waals surface area contributed by atoms with Crippen LogP contribution in [0.3, 0.4) is 0 Å². The zero-order valence-corrected chi connectivity index (χ0v) is 18.1. The first-order valence-electron chi connectivity index (χ1n) is 8.30. The van der Waals surface area contributed by atoms with E-state index in [-0.39, 0.29) is 34.5 Å². The molecule has 0 saturated heterocycles. The van der Waals surface area contributed by atoms with Gasteiger partial charge in [0, 0.05) is 17.4 Å². The van der Waals surface area contributed by atoms with Crippen molar-refractivity contribution in [2.24, 2.45) is 0 Å². The third-order valence-corrected chi connectivity index (χ3v) is 4.51. The van der Waals surface area contributed by atoms with Crippen molar-refractivity contribution >= 4 is 20.9 Å². The smallest absolute Gasteiger partial charge is 0.744 e. The molecule has 6 nitrogen and oxygen atoms in total. The van der Waals surface area contributed by atoms with E-state index in [1.807, 2.05) is 0 Å². The molecule has 26 heavy (non-hydrogen) atoms. The first kappa shape index (κ1) is 23.4. The second kappa shape index (κ2) is 11.9. The van der Waals surface area contributed by atoms with Crippen LogP contribution in [0.25, 0.3) is 10.8 Å². The SMILES string of the molecule is CCCCOCCOCCOc1ccc(S(=O)(=O)[O-])c2ccccc12.[Na+]. The second-order valence-corrected chi connectivity index (χ2v) is 6.84. The maximum atomic E-state index is 11.4. The molecule has 0 heterocycles. The zero-order chi connectivity index (χ0) is 18.1. The Balaban J connectivity index is 0.00000338. The van der Waals surface area contributed by atoms with Gasteiger partial charge in [0.15, 0.2) is 0 Å². The first-order chi connectivity index (χ1) is 12.0. The van der Waals surface area contributed by atoms with Crippen LogP contribution in [0.2, 0.25) is 0 Å². The van der Waals surface area contributed by atoms with Crippen LogP contribution in [-0.4, -0.2) is 46.0 Å². The third kappa shape index (κ3) is 7.15. The molecule has 0 amide bonds. The Bertz CT molecular complexity index is 778. The van der Waals surface area contributed by atoms with E-state index in [4.69, 9.17) is 14.2 Å². The van der Waals surface area contributed by atoms with Gasteiger partial charge >= 0.3 is 29.6 Å². The molecule has 0 saturated carbocycles. The Labute approximate surface area is 176 Å². The topological polar surface area (TPSA) is 84.9 Å². The van der Waals surface area contributed by atoms with Crippen molar-refractivity contribution in [3.05, 3.63) is 36.4 Å². The van der Waals surface area contributed by atoms with Crippen molar-refractivity contribution in [2.75, 3.05) is 33.0 Å². The summed E-state index contributed by atoms with van der Waals surface area (Å²) in [6.07, 6.45) is 2.15. The number of rotatable bonds is 11. The van der Waals surface area contributed by atoms with Gasteiger partial charge in [0.2, 0.25) is 0 Å². The van der Waals surface area contributed by atoms with Crippen LogP contribution in [0.15, 0.2) is 41.3 Å². The minimum absolute atomic E-state index is 0. The molecule has 2 rings (SSSR count). The minimum Gasteiger partial charge on any atom is -0.744 e. The maximum Gasteiger partial charge on any atom is 1.00 e. The van der Waals surface area contributed by atoms with E-state index in [0.717, 1.165) is 19.4 Å². The molecule has 0 unspecified atom stereocenters. The fraction of sp³-hybridized carbons (Fsp3) is 0.444. The molecular formula is C18H23NaO6S. The van der Waals surface area contributed by atoms with Gasteiger partial charge in [0.25, 0.3) is 0 Å². The van der Waals surface area contributed by atoms with Gasteiger partial charge in [0.05, 0.1) is 24.7 Å². The molecule has 0 bridgehead atoms. The van der Waals surface area contributed by atoms with E-state index >= 15 is 0 Å². The van der Waals surface area contributed by atoms with Gasteiger partial charge in [0.1, 0.15) is 22.5 Å². The van der Waals surface area contributed by atoms with E-state index in [0.29, 0.717) is 42.9 Å². The van der Waals surface area contributed by atoms with Crippen LogP contribution in [0, 0.1) is 0 Å². The van der Waals surface area contributed by atoms with Crippen LogP contribution in [-0.2, 0) is 19.6 Å². The normalized spacial score (nSPS) is 11.3. The Morgan fingerprint density at radius 1 is 0.885 bits per heavy atom. The average Bonchev–Trinajstić information content (AvgIpc) is 2.59. The fourth-order valence-electron chi connectivity index (χ4n) is 2.37. The Morgan fingerprint density at radius 3 is 2.15 bits per heavy atom. The van der Waals surface area contributed by atoms with Crippen molar-refractivity contribution in [3.63, 3.8) is 0 Å². The van der Waals surface area contributed by atoms with Crippen LogP contribution < -0.4 is 34.3 Å². The molecule has 138 valence electrons. The second-order valence-electron chi connectivity index (χ2n) is 5.49. The standard InChI is InChI=1S/C18H24O6S.Na/c1-2-3-10-22-11-12-23-13-14-24-17-8-9-18(25(19,20)21)16-7-5-4-6-15(16)17;/h4-9H,2-3,10-14H2,1H3,(H,19,20,21);/q;+1/p-1. The summed E-state index contributed by atoms with van der Waals surface area (Å²) >= 11 is 0. The van der Waals surface area contributed by atoms with Gasteiger partial charge in [-0.3, -0.25) is 0 Å². The van der Waals surface area contributed by atoms with E-state index in [2.05, 4.69) is 6.92 Å². The molecule has 2 aromatic carbocycles. The predicted molar refractivity (Wildman–Crippen MR) is 94.0 cm³/mol. The van der Waals surface area contributed by atoms with Crippen LogP contribution in [0.5, 0.6) is 5.75 Å². The van der Waals surface area contributed by atoms with Gasteiger partial charge in [-0.25, -0.2) is 8.42 Å². The van der Waals surface area contributed by atoms with Gasteiger partial charge in [-0.05, 0) is 18.6 Å². The van der Waals surface area contributed by atoms with Crippen LogP contribution in [0.1, 0.15) is 19.8 Å². The Hall–Kier alpha value is -0.670. The van der Waals surface area contributed by atoms with E-state index in [1.165, 1.54) is 12.1 Å². The molecule has 8 heteroatoms. The summed E-state index contributed by atoms with van der Waals surface area (Å²) in [5.41, 5.74) is 0. The molecule has 0 aliphatic rings. The maximum absolute atomic E-state index is 11.4. The van der Waals surface area contributed by atoms with E-state index in [9.17, 15) is 13.0 Å². The van der Waals surface area contributed by atoms with Gasteiger partial charge in [-0.1, -0.05) is 37.6 Å². The number of benzene rings is 2. The molecule has 0 aromatic heterocycles. The number of ether oxygens (including phenoxy) is 3. The summed E-state index contributed by atoms with van der Waals surface area (Å²) < 4.78 is 50.6. The number of hydrogen-bond acceptors (Lipinski definition) is 6. The monoisotopic (exact) mass is 390 g/mol. The largest absolute Gasteiger partial charge is 1.00 e. The molecule has 2 aromatic rings. The number of hydrogen-bond donors (Lipinski definition) is 0. The molecule has 0 fully saturated rings. The van der Waals surface area contributed by atoms with Crippen molar-refractivity contribution in [1.82, 2.24) is 0 Å². The van der Waals surface area contributed by atoms with Crippen molar-refractivity contribution < 1.29 is 56.7 Å². The van der Waals surface area contributed by atoms with Crippen LogP contribution >= 0.6 is 0 Å². The van der Waals surface area contributed by atoms with E-state index in [1.54, 1.807) is 24.3 Å². The summed E-state index contributed by atoms with van der Waals surface area (Å²) in [7, 11) is -4.53. The average molecular weight is 390 g/mol. The summed E-state index contributed by atoms with van der Waals surface area (Å²) in [6, 6.07) is 9.55. The summed E-state index contributed by atoms with van der Waals surface area (Å²) in [5, 5.41) is 0.947.